The highest BCUT2D eigenvalue weighted by atomic mass is 127. The van der Waals surface area contributed by atoms with Gasteiger partial charge in [-0.1, -0.05) is 13.8 Å². The molecule has 1 rings (SSSR count). The van der Waals surface area contributed by atoms with Crippen LogP contribution in [-0.4, -0.2) is 4.98 Å². The molecule has 0 aliphatic heterocycles. The van der Waals surface area contributed by atoms with E-state index in [1.165, 1.54) is 14.8 Å². The summed E-state index contributed by atoms with van der Waals surface area (Å²) in [7, 11) is 1.36. The summed E-state index contributed by atoms with van der Waals surface area (Å²) < 4.78 is 5.36. The molecule has 0 radical (unpaired) electrons. The molecule has 0 aliphatic rings. The van der Waals surface area contributed by atoms with E-state index in [9.17, 15) is 0 Å². The lowest BCUT2D eigenvalue weighted by molar-refractivity contribution is 0.278. The van der Waals surface area contributed by atoms with Crippen LogP contribution in [-0.2, 0) is 4.18 Å². The Balaban J connectivity index is 0.000000791. The van der Waals surface area contributed by atoms with E-state index in [0.29, 0.717) is 0 Å². The first-order valence-corrected chi connectivity index (χ1v) is 7.89. The van der Waals surface area contributed by atoms with Gasteiger partial charge in [0.05, 0.1) is 15.3 Å². The first kappa shape index (κ1) is 14.2. The normalized spacial score (nSPS) is 11.5. The monoisotopic (exact) mass is 325 g/mol. The second-order valence-corrected chi connectivity index (χ2v) is 3.93. The summed E-state index contributed by atoms with van der Waals surface area (Å²) in [5.74, 6) is 0. The number of hydrogen-bond acceptors (Lipinski definition) is 3. The zero-order valence-electron chi connectivity index (χ0n) is 8.95. The third kappa shape index (κ3) is 5.17. The van der Waals surface area contributed by atoms with Gasteiger partial charge in [0.1, 0.15) is 0 Å². The Hall–Kier alpha value is 0.190. The van der Waals surface area contributed by atoms with E-state index in [2.05, 4.69) is 26.2 Å². The van der Waals surface area contributed by atoms with Crippen molar-refractivity contribution in [3.63, 3.8) is 0 Å². The zero-order valence-corrected chi connectivity index (χ0v) is 11.9. The lowest BCUT2D eigenvalue weighted by atomic mass is 10.1. The van der Waals surface area contributed by atoms with Crippen molar-refractivity contribution in [1.82, 2.24) is 4.98 Å². The number of nitrogens with zero attached hydrogens (tertiary/aromatic N) is 1. The van der Waals surface area contributed by atoms with Gasteiger partial charge < -0.3 is 0 Å². The van der Waals surface area contributed by atoms with Crippen LogP contribution >= 0.6 is 30.4 Å². The second kappa shape index (κ2) is 8.49. The number of aromatic nitrogens is 1. The van der Waals surface area contributed by atoms with Gasteiger partial charge in [-0.15, -0.1) is 0 Å². The third-order valence-electron chi connectivity index (χ3n) is 1.57. The molecule has 0 aliphatic carbocycles. The van der Waals surface area contributed by atoms with Crippen LogP contribution in [0.15, 0.2) is 18.3 Å². The molecule has 0 bridgehead atoms. The summed E-state index contributed by atoms with van der Waals surface area (Å²) in [4.78, 5) is 4.12. The molecule has 14 heavy (non-hydrogen) atoms. The molecule has 1 unspecified atom stereocenters. The maximum atomic E-state index is 5.36. The maximum Gasteiger partial charge on any atom is 0.0954 e. The third-order valence-corrected chi connectivity index (χ3v) is 2.56. The largest absolute Gasteiger partial charge is 0.298 e. The van der Waals surface area contributed by atoms with Crippen molar-refractivity contribution in [3.8, 4) is 0 Å². The van der Waals surface area contributed by atoms with Crippen LogP contribution < -0.4 is 0 Å². The topological polar surface area (TPSA) is 22.1 Å². The van der Waals surface area contributed by atoms with E-state index in [0.717, 1.165) is 5.69 Å². The van der Waals surface area contributed by atoms with Gasteiger partial charge in [-0.3, -0.25) is 9.17 Å². The van der Waals surface area contributed by atoms with Crippen LogP contribution in [0.2, 0.25) is 0 Å². The van der Waals surface area contributed by atoms with Gasteiger partial charge in [0.2, 0.25) is 0 Å². The fourth-order valence-corrected chi connectivity index (χ4v) is 2.08. The molecule has 1 aromatic rings. The molecule has 0 spiro atoms. The average molecular weight is 325 g/mol. The second-order valence-electron chi connectivity index (χ2n) is 2.53. The van der Waals surface area contributed by atoms with Crippen molar-refractivity contribution in [1.29, 1.82) is 0 Å². The van der Waals surface area contributed by atoms with Crippen LogP contribution in [0, 0.1) is 6.92 Å². The Kier molecular flexibility index (Phi) is 8.61. The summed E-state index contributed by atoms with van der Waals surface area (Å²) in [5, 5.41) is 0. The minimum atomic E-state index is 0.133. The first-order chi connectivity index (χ1) is 6.74. The van der Waals surface area contributed by atoms with E-state index in [-0.39, 0.29) is 6.10 Å². The van der Waals surface area contributed by atoms with Crippen molar-refractivity contribution in [2.24, 2.45) is 0 Å². The van der Waals surface area contributed by atoms with Gasteiger partial charge in [-0.2, -0.15) is 0 Å². The summed E-state index contributed by atoms with van der Waals surface area (Å²) in [6.07, 6.45) is 1.94. The molecule has 0 aromatic carbocycles. The Morgan fingerprint density at radius 3 is 2.64 bits per heavy atom. The highest BCUT2D eigenvalue weighted by Gasteiger charge is 2.05. The summed E-state index contributed by atoms with van der Waals surface area (Å²) in [6.45, 7) is 8.01. The van der Waals surface area contributed by atoms with Gasteiger partial charge in [-0.25, -0.2) is 0 Å². The molecular weight excluding hydrogens is 309 g/mol. The molecule has 1 atom stereocenters. The van der Waals surface area contributed by atoms with Crippen LogP contribution in [0.4, 0.5) is 0 Å². The number of halogens is 1. The minimum absolute atomic E-state index is 0.133. The van der Waals surface area contributed by atoms with Crippen molar-refractivity contribution < 1.29 is 4.18 Å². The fourth-order valence-electron chi connectivity index (χ4n) is 0.930. The summed E-state index contributed by atoms with van der Waals surface area (Å²) in [6, 6.07) is 4.02. The summed E-state index contributed by atoms with van der Waals surface area (Å²) >= 11 is 2.12. The highest BCUT2D eigenvalue weighted by molar-refractivity contribution is 14.2. The van der Waals surface area contributed by atoms with Gasteiger partial charge in [0.25, 0.3) is 0 Å². The standard InChI is InChI=1S/C8H10INOS.C2H6/c1-6-5-8(3-4-10-6)7(2)11-12-9;1-2/h3-5,7H,1-2H3;1-2H3. The minimum Gasteiger partial charge on any atom is -0.298 e. The lowest BCUT2D eigenvalue weighted by Gasteiger charge is -2.09. The lowest BCUT2D eigenvalue weighted by Crippen LogP contribution is -1.94. The van der Waals surface area contributed by atoms with Crippen molar-refractivity contribution in [2.45, 2.75) is 33.8 Å². The molecule has 2 nitrogen and oxygen atoms in total. The van der Waals surface area contributed by atoms with E-state index in [4.69, 9.17) is 4.18 Å². The van der Waals surface area contributed by atoms with E-state index in [1.807, 2.05) is 46.0 Å². The van der Waals surface area contributed by atoms with Gasteiger partial charge in [0, 0.05) is 33.1 Å². The quantitative estimate of drug-likeness (QED) is 0.604. The fraction of sp³-hybridized carbons (Fsp3) is 0.500. The summed E-state index contributed by atoms with van der Waals surface area (Å²) in [5.41, 5.74) is 2.20. The first-order valence-electron chi connectivity index (χ1n) is 4.60. The van der Waals surface area contributed by atoms with E-state index < -0.39 is 0 Å². The molecule has 0 saturated carbocycles. The smallest absolute Gasteiger partial charge is 0.0954 e. The van der Waals surface area contributed by atoms with E-state index in [1.54, 1.807) is 0 Å². The Bertz CT molecular complexity index is 258. The molecule has 1 aromatic heterocycles. The van der Waals surface area contributed by atoms with Gasteiger partial charge in [-0.05, 0) is 31.5 Å². The van der Waals surface area contributed by atoms with E-state index >= 15 is 0 Å². The Morgan fingerprint density at radius 1 is 1.50 bits per heavy atom. The van der Waals surface area contributed by atoms with Crippen molar-refractivity contribution in [3.05, 3.63) is 29.6 Å². The number of rotatable bonds is 3. The Labute approximate surface area is 103 Å². The van der Waals surface area contributed by atoms with Crippen LogP contribution in [0.5, 0.6) is 0 Å². The van der Waals surface area contributed by atoms with Crippen LogP contribution in [0.1, 0.15) is 38.1 Å². The van der Waals surface area contributed by atoms with Crippen LogP contribution in [0.25, 0.3) is 0 Å². The predicted octanol–water partition coefficient (Wildman–Crippen LogP) is 4.49. The molecule has 4 heteroatoms. The van der Waals surface area contributed by atoms with Gasteiger partial charge >= 0.3 is 0 Å². The number of aryl methyl sites for hydroxylation is 1. The number of hydrogen-bond donors (Lipinski definition) is 0. The molecule has 0 amide bonds. The average Bonchev–Trinajstić information content (AvgIpc) is 2.21. The molecule has 80 valence electrons. The van der Waals surface area contributed by atoms with Crippen molar-refractivity contribution >= 4 is 30.4 Å². The molecular formula is C10H16INOS. The molecule has 0 saturated heterocycles. The number of pyridine rings is 1. The Morgan fingerprint density at radius 2 is 2.14 bits per heavy atom. The predicted molar refractivity (Wildman–Crippen MR) is 71.4 cm³/mol. The molecule has 0 fully saturated rings. The van der Waals surface area contributed by atoms with Gasteiger partial charge in [0.15, 0.2) is 0 Å². The maximum absolute atomic E-state index is 5.36. The van der Waals surface area contributed by atoms with Crippen LogP contribution in [0.3, 0.4) is 0 Å². The molecule has 1 heterocycles. The van der Waals surface area contributed by atoms with Crippen molar-refractivity contribution in [2.75, 3.05) is 0 Å². The SMILES string of the molecule is CC.Cc1cc(C(C)OSI)ccn1. The highest BCUT2D eigenvalue weighted by Crippen LogP contribution is 2.25. The molecule has 0 N–H and O–H groups in total. The zero-order chi connectivity index (χ0) is 11.0.